The number of aromatic nitrogens is 3. The highest BCUT2D eigenvalue weighted by molar-refractivity contribution is 7.98. The van der Waals surface area contributed by atoms with Crippen LogP contribution in [0.15, 0.2) is 53.7 Å². The third-order valence-electron chi connectivity index (χ3n) is 4.96. The van der Waals surface area contributed by atoms with Gasteiger partial charge in [0, 0.05) is 30.0 Å². The molecule has 0 fully saturated rings. The first-order valence-corrected chi connectivity index (χ1v) is 11.6. The van der Waals surface area contributed by atoms with E-state index in [0.29, 0.717) is 35.3 Å². The Morgan fingerprint density at radius 3 is 2.68 bits per heavy atom. The topological polar surface area (TPSA) is 69.0 Å². The molecule has 1 amide bonds. The molecule has 3 aromatic rings. The average molecular weight is 459 g/mol. The van der Waals surface area contributed by atoms with E-state index in [0.717, 1.165) is 22.7 Å². The fourth-order valence-electron chi connectivity index (χ4n) is 3.04. The Balaban J connectivity index is 1.84. The molecule has 0 bridgehead atoms. The number of amides is 1. The maximum Gasteiger partial charge on any atom is 0.251 e. The molecular formula is C23H27ClN4O2S. The molecule has 0 saturated carbocycles. The average Bonchev–Trinajstić information content (AvgIpc) is 3.18. The minimum Gasteiger partial charge on any atom is -0.383 e. The van der Waals surface area contributed by atoms with Gasteiger partial charge < -0.3 is 10.1 Å². The van der Waals surface area contributed by atoms with Crippen LogP contribution in [0.1, 0.15) is 36.2 Å². The van der Waals surface area contributed by atoms with Crippen LogP contribution in [0, 0.1) is 0 Å². The van der Waals surface area contributed by atoms with Crippen molar-refractivity contribution in [1.29, 1.82) is 0 Å². The predicted molar refractivity (Wildman–Crippen MR) is 126 cm³/mol. The van der Waals surface area contributed by atoms with Crippen molar-refractivity contribution in [2.45, 2.75) is 43.8 Å². The van der Waals surface area contributed by atoms with E-state index in [1.165, 1.54) is 11.8 Å². The second-order valence-electron chi connectivity index (χ2n) is 7.16. The van der Waals surface area contributed by atoms with Gasteiger partial charge in [0.15, 0.2) is 11.0 Å². The fourth-order valence-corrected chi connectivity index (χ4v) is 4.22. The number of nitrogens with zero attached hydrogens (tertiary/aromatic N) is 3. The lowest BCUT2D eigenvalue weighted by atomic mass is 10.1. The molecule has 3 rings (SSSR count). The Bertz CT molecular complexity index is 1020. The number of nitrogens with one attached hydrogen (secondary N) is 1. The van der Waals surface area contributed by atoms with Crippen LogP contribution in [0.4, 0.5) is 0 Å². The Labute approximate surface area is 192 Å². The number of hydrogen-bond donors (Lipinski definition) is 1. The molecule has 0 spiro atoms. The van der Waals surface area contributed by atoms with E-state index in [9.17, 15) is 4.79 Å². The monoisotopic (exact) mass is 458 g/mol. The number of thioether (sulfide) groups is 1. The van der Waals surface area contributed by atoms with Gasteiger partial charge in [-0.2, -0.15) is 0 Å². The molecule has 0 aliphatic rings. The molecule has 2 aromatic carbocycles. The Kier molecular flexibility index (Phi) is 8.51. The number of ether oxygens (including phenoxy) is 1. The fraction of sp³-hybridized carbons (Fsp3) is 0.348. The van der Waals surface area contributed by atoms with Crippen LogP contribution in [0.3, 0.4) is 0 Å². The van der Waals surface area contributed by atoms with Crippen molar-refractivity contribution in [3.63, 3.8) is 0 Å². The summed E-state index contributed by atoms with van der Waals surface area (Å²) in [7, 11) is 1.67. The van der Waals surface area contributed by atoms with Crippen molar-refractivity contribution >= 4 is 29.3 Å². The van der Waals surface area contributed by atoms with E-state index in [1.807, 2.05) is 60.0 Å². The normalized spacial score (nSPS) is 12.0. The van der Waals surface area contributed by atoms with Crippen LogP contribution in [0.2, 0.25) is 5.02 Å². The molecule has 0 radical (unpaired) electrons. The van der Waals surface area contributed by atoms with Gasteiger partial charge >= 0.3 is 0 Å². The van der Waals surface area contributed by atoms with E-state index >= 15 is 0 Å². The van der Waals surface area contributed by atoms with Crippen LogP contribution in [0.25, 0.3) is 11.4 Å². The molecular weight excluding hydrogens is 432 g/mol. The van der Waals surface area contributed by atoms with E-state index in [1.54, 1.807) is 7.11 Å². The summed E-state index contributed by atoms with van der Waals surface area (Å²) in [6.45, 7) is 5.18. The summed E-state index contributed by atoms with van der Waals surface area (Å²) >= 11 is 7.93. The first-order chi connectivity index (χ1) is 15.0. The predicted octanol–water partition coefficient (Wildman–Crippen LogP) is 5.07. The van der Waals surface area contributed by atoms with Gasteiger partial charge in [-0.3, -0.25) is 9.36 Å². The number of hydrogen-bond acceptors (Lipinski definition) is 5. The van der Waals surface area contributed by atoms with Crippen molar-refractivity contribution in [3.8, 4) is 11.4 Å². The molecule has 164 valence electrons. The quantitative estimate of drug-likeness (QED) is 0.430. The van der Waals surface area contributed by atoms with Gasteiger partial charge in [-0.15, -0.1) is 10.2 Å². The second kappa shape index (κ2) is 11.3. The van der Waals surface area contributed by atoms with Crippen molar-refractivity contribution in [1.82, 2.24) is 20.1 Å². The molecule has 0 aliphatic carbocycles. The van der Waals surface area contributed by atoms with E-state index < -0.39 is 0 Å². The van der Waals surface area contributed by atoms with Gasteiger partial charge in [-0.05, 0) is 37.1 Å². The summed E-state index contributed by atoms with van der Waals surface area (Å²) < 4.78 is 7.29. The lowest BCUT2D eigenvalue weighted by Crippen LogP contribution is -2.32. The van der Waals surface area contributed by atoms with Gasteiger partial charge in [0.1, 0.15) is 0 Å². The molecule has 1 N–H and O–H groups in total. The number of carbonyl (C=O) groups is 1. The first-order valence-electron chi connectivity index (χ1n) is 10.2. The summed E-state index contributed by atoms with van der Waals surface area (Å²) in [4.78, 5) is 12.7. The molecule has 8 heteroatoms. The highest BCUT2D eigenvalue weighted by Crippen LogP contribution is 2.30. The van der Waals surface area contributed by atoms with E-state index in [4.69, 9.17) is 16.3 Å². The number of carbonyl (C=O) groups excluding carboxylic acids is 1. The van der Waals surface area contributed by atoms with Crippen molar-refractivity contribution in [2.24, 2.45) is 0 Å². The van der Waals surface area contributed by atoms with Crippen molar-refractivity contribution in [3.05, 3.63) is 64.7 Å². The van der Waals surface area contributed by atoms with Crippen LogP contribution in [-0.4, -0.2) is 40.4 Å². The molecule has 31 heavy (non-hydrogen) atoms. The van der Waals surface area contributed by atoms with Crippen LogP contribution < -0.4 is 5.32 Å². The minimum absolute atomic E-state index is 0.0526. The second-order valence-corrected chi connectivity index (χ2v) is 8.51. The van der Waals surface area contributed by atoms with Gasteiger partial charge in [-0.1, -0.05) is 60.6 Å². The lowest BCUT2D eigenvalue weighted by Gasteiger charge is -2.14. The summed E-state index contributed by atoms with van der Waals surface area (Å²) in [5, 5.41) is 13.2. The Morgan fingerprint density at radius 2 is 1.94 bits per heavy atom. The van der Waals surface area contributed by atoms with Crippen LogP contribution >= 0.6 is 23.4 Å². The maximum atomic E-state index is 12.7. The molecule has 0 unspecified atom stereocenters. The third kappa shape index (κ3) is 5.87. The first kappa shape index (κ1) is 23.3. The maximum absolute atomic E-state index is 12.7. The van der Waals surface area contributed by atoms with Crippen molar-refractivity contribution < 1.29 is 9.53 Å². The molecule has 1 aromatic heterocycles. The Morgan fingerprint density at radius 1 is 1.19 bits per heavy atom. The zero-order valence-electron chi connectivity index (χ0n) is 18.0. The minimum atomic E-state index is -0.0526. The summed E-state index contributed by atoms with van der Waals surface area (Å²) in [5.41, 5.74) is 2.46. The Hall–Kier alpha value is -2.35. The van der Waals surface area contributed by atoms with Crippen LogP contribution in [0.5, 0.6) is 0 Å². The molecule has 1 heterocycles. The highest BCUT2D eigenvalue weighted by atomic mass is 35.5. The van der Waals surface area contributed by atoms with Gasteiger partial charge in [-0.25, -0.2) is 0 Å². The zero-order valence-corrected chi connectivity index (χ0v) is 19.5. The number of halogens is 1. The summed E-state index contributed by atoms with van der Waals surface area (Å²) in [6.07, 6.45) is 0.885. The SMILES string of the molecule is CC[C@@H](C)NC(=O)c1ccccc1CSc1nnc(-c2ccccc2Cl)n1CCOC. The molecule has 0 aliphatic heterocycles. The molecule has 1 atom stereocenters. The van der Waals surface area contributed by atoms with E-state index in [2.05, 4.69) is 22.4 Å². The molecule has 6 nitrogen and oxygen atoms in total. The third-order valence-corrected chi connectivity index (χ3v) is 6.30. The lowest BCUT2D eigenvalue weighted by molar-refractivity contribution is 0.0938. The number of methoxy groups -OCH3 is 1. The smallest absolute Gasteiger partial charge is 0.251 e. The molecule has 0 saturated heterocycles. The highest BCUT2D eigenvalue weighted by Gasteiger charge is 2.18. The van der Waals surface area contributed by atoms with Crippen LogP contribution in [-0.2, 0) is 17.0 Å². The summed E-state index contributed by atoms with van der Waals surface area (Å²) in [5.74, 6) is 1.24. The number of benzene rings is 2. The summed E-state index contributed by atoms with van der Waals surface area (Å²) in [6, 6.07) is 15.4. The zero-order chi connectivity index (χ0) is 22.2. The van der Waals surface area contributed by atoms with Gasteiger partial charge in [0.25, 0.3) is 5.91 Å². The van der Waals surface area contributed by atoms with E-state index in [-0.39, 0.29) is 11.9 Å². The van der Waals surface area contributed by atoms with Gasteiger partial charge in [0.2, 0.25) is 0 Å². The van der Waals surface area contributed by atoms with Crippen molar-refractivity contribution in [2.75, 3.05) is 13.7 Å². The standard InChI is InChI=1S/C23H27ClN4O2S/c1-4-16(2)25-22(29)18-10-6-5-9-17(18)15-31-23-27-26-21(28(23)13-14-30-3)19-11-7-8-12-20(19)24/h5-12,16H,4,13-15H2,1-3H3,(H,25,29)/t16-/m1/s1. The number of rotatable bonds is 10. The van der Waals surface area contributed by atoms with Gasteiger partial charge in [0.05, 0.1) is 18.2 Å². The largest absolute Gasteiger partial charge is 0.383 e.